The molecular formula is C21H23N3O2S. The van der Waals surface area contributed by atoms with Crippen LogP contribution >= 0.6 is 11.3 Å². The smallest absolute Gasteiger partial charge is 0.247 e. The van der Waals surface area contributed by atoms with Crippen molar-refractivity contribution < 1.29 is 9.32 Å². The first-order valence-corrected chi connectivity index (χ1v) is 10.1. The Morgan fingerprint density at radius 3 is 2.89 bits per heavy atom. The fourth-order valence-corrected chi connectivity index (χ4v) is 4.71. The van der Waals surface area contributed by atoms with E-state index in [9.17, 15) is 4.79 Å². The van der Waals surface area contributed by atoms with E-state index in [0.29, 0.717) is 0 Å². The van der Waals surface area contributed by atoms with E-state index in [1.54, 1.807) is 17.4 Å². The molecule has 0 aliphatic carbocycles. The molecule has 3 aromatic rings. The van der Waals surface area contributed by atoms with E-state index < -0.39 is 0 Å². The number of rotatable bonds is 4. The summed E-state index contributed by atoms with van der Waals surface area (Å²) in [4.78, 5) is 16.1. The van der Waals surface area contributed by atoms with Crippen LogP contribution in [0.3, 0.4) is 0 Å². The Morgan fingerprint density at radius 1 is 1.33 bits per heavy atom. The molecule has 1 saturated heterocycles. The molecule has 140 valence electrons. The van der Waals surface area contributed by atoms with Gasteiger partial charge in [0.2, 0.25) is 5.91 Å². The van der Waals surface area contributed by atoms with Crippen LogP contribution < -0.4 is 0 Å². The zero-order valence-electron chi connectivity index (χ0n) is 15.8. The second-order valence-electron chi connectivity index (χ2n) is 7.00. The molecule has 3 aromatic heterocycles. The molecule has 5 nitrogen and oxygen atoms in total. The van der Waals surface area contributed by atoms with E-state index in [4.69, 9.17) is 4.52 Å². The van der Waals surface area contributed by atoms with Crippen LogP contribution in [0.4, 0.5) is 0 Å². The van der Waals surface area contributed by atoms with Crippen molar-refractivity contribution in [3.05, 3.63) is 63.3 Å². The number of aromatic nitrogens is 2. The van der Waals surface area contributed by atoms with Gasteiger partial charge < -0.3 is 9.42 Å². The van der Waals surface area contributed by atoms with Crippen LogP contribution in [0, 0.1) is 20.8 Å². The predicted octanol–water partition coefficient (Wildman–Crippen LogP) is 4.83. The summed E-state index contributed by atoms with van der Waals surface area (Å²) in [7, 11) is 0. The van der Waals surface area contributed by atoms with E-state index in [1.165, 1.54) is 4.88 Å². The van der Waals surface area contributed by atoms with E-state index in [2.05, 4.69) is 28.7 Å². The highest BCUT2D eigenvalue weighted by atomic mass is 32.1. The number of nitrogens with zero attached hydrogens (tertiary/aromatic N) is 3. The molecular weight excluding hydrogens is 358 g/mol. The number of likely N-dealkylation sites (tertiary alicyclic amines) is 1. The molecule has 0 radical (unpaired) electrons. The van der Waals surface area contributed by atoms with E-state index in [-0.39, 0.29) is 11.9 Å². The van der Waals surface area contributed by atoms with Crippen LogP contribution in [0.5, 0.6) is 0 Å². The molecule has 4 rings (SSSR count). The molecule has 1 atom stereocenters. The van der Waals surface area contributed by atoms with Gasteiger partial charge in [0.25, 0.3) is 0 Å². The van der Waals surface area contributed by atoms with Crippen LogP contribution in [0.25, 0.3) is 11.9 Å². The van der Waals surface area contributed by atoms with Crippen molar-refractivity contribution in [1.29, 1.82) is 0 Å². The van der Waals surface area contributed by atoms with Crippen LogP contribution in [0.15, 0.2) is 40.2 Å². The van der Waals surface area contributed by atoms with Gasteiger partial charge in [0, 0.05) is 35.0 Å². The summed E-state index contributed by atoms with van der Waals surface area (Å²) in [5.41, 5.74) is 3.12. The molecule has 0 spiro atoms. The van der Waals surface area contributed by atoms with Crippen molar-refractivity contribution >= 4 is 23.3 Å². The van der Waals surface area contributed by atoms with Crippen LogP contribution in [-0.4, -0.2) is 27.1 Å². The molecule has 1 fully saturated rings. The molecule has 27 heavy (non-hydrogen) atoms. The third-order valence-electron chi connectivity index (χ3n) is 5.13. The van der Waals surface area contributed by atoms with Crippen molar-refractivity contribution in [3.8, 4) is 5.82 Å². The molecule has 0 aromatic carbocycles. The first-order chi connectivity index (χ1) is 13.0. The fourth-order valence-electron chi connectivity index (χ4n) is 3.83. The number of carbonyl (C=O) groups excluding carboxylic acids is 1. The van der Waals surface area contributed by atoms with Crippen molar-refractivity contribution in [2.75, 3.05) is 6.54 Å². The van der Waals surface area contributed by atoms with Gasteiger partial charge in [0.05, 0.1) is 6.04 Å². The zero-order valence-corrected chi connectivity index (χ0v) is 16.6. The number of thiophene rings is 1. The molecule has 1 aliphatic rings. The minimum Gasteiger partial charge on any atom is -0.360 e. The topological polar surface area (TPSA) is 51.3 Å². The number of aryl methyl sites for hydroxylation is 2. The third-order valence-corrected chi connectivity index (χ3v) is 6.10. The Hall–Kier alpha value is -2.60. The molecule has 0 saturated carbocycles. The van der Waals surface area contributed by atoms with Crippen molar-refractivity contribution in [3.63, 3.8) is 0 Å². The first kappa shape index (κ1) is 17.8. The number of amides is 1. The number of hydrogen-bond acceptors (Lipinski definition) is 4. The standard InChI is InChI=1S/C21H23N3O2S/c1-14-12-17(16(3)24(14)20-13-15(2)26-22-20)8-9-21(25)23-10-4-6-18(23)19-7-5-11-27-19/h5,7-9,11-13,18H,4,6,10H2,1-3H3/b9-8+. The molecule has 0 N–H and O–H groups in total. The molecule has 6 heteroatoms. The van der Waals surface area contributed by atoms with Gasteiger partial charge >= 0.3 is 0 Å². The Balaban J connectivity index is 1.55. The SMILES string of the molecule is Cc1cc(-n2c(C)cc(/C=C/C(=O)N3CCCC3c3cccs3)c2C)no1. The zero-order chi connectivity index (χ0) is 19.0. The highest BCUT2D eigenvalue weighted by molar-refractivity contribution is 7.10. The maximum atomic E-state index is 12.8. The van der Waals surface area contributed by atoms with Gasteiger partial charge in [-0.25, -0.2) is 0 Å². The summed E-state index contributed by atoms with van der Waals surface area (Å²) in [6, 6.07) is 8.38. The highest BCUT2D eigenvalue weighted by Gasteiger charge is 2.29. The highest BCUT2D eigenvalue weighted by Crippen LogP contribution is 2.34. The molecule has 0 bridgehead atoms. The van der Waals surface area contributed by atoms with Crippen molar-refractivity contribution in [1.82, 2.24) is 14.6 Å². The minimum atomic E-state index is 0.0768. The summed E-state index contributed by atoms with van der Waals surface area (Å²) in [5.74, 6) is 1.62. The minimum absolute atomic E-state index is 0.0768. The summed E-state index contributed by atoms with van der Waals surface area (Å²) in [6.07, 6.45) is 5.71. The van der Waals surface area contributed by atoms with Gasteiger partial charge in [-0.1, -0.05) is 11.2 Å². The van der Waals surface area contributed by atoms with Gasteiger partial charge in [-0.05, 0) is 62.8 Å². The van der Waals surface area contributed by atoms with E-state index >= 15 is 0 Å². The lowest BCUT2D eigenvalue weighted by Crippen LogP contribution is -2.28. The molecule has 4 heterocycles. The summed E-state index contributed by atoms with van der Waals surface area (Å²) < 4.78 is 7.25. The summed E-state index contributed by atoms with van der Waals surface area (Å²) in [5, 5.41) is 6.18. The Labute approximate surface area is 162 Å². The first-order valence-electron chi connectivity index (χ1n) is 9.19. The summed E-state index contributed by atoms with van der Waals surface area (Å²) in [6.45, 7) is 6.77. The Bertz CT molecular complexity index is 981. The van der Waals surface area contributed by atoms with Gasteiger partial charge in [0.1, 0.15) is 5.76 Å². The average molecular weight is 382 g/mol. The predicted molar refractivity (Wildman–Crippen MR) is 107 cm³/mol. The molecule has 1 aliphatic heterocycles. The lowest BCUT2D eigenvalue weighted by atomic mass is 10.2. The second kappa shape index (κ2) is 7.19. The maximum absolute atomic E-state index is 12.8. The second-order valence-corrected chi connectivity index (χ2v) is 7.98. The number of carbonyl (C=O) groups is 1. The van der Waals surface area contributed by atoms with Gasteiger partial charge in [-0.3, -0.25) is 9.36 Å². The van der Waals surface area contributed by atoms with Crippen molar-refractivity contribution in [2.24, 2.45) is 0 Å². The lowest BCUT2D eigenvalue weighted by Gasteiger charge is -2.22. The van der Waals surface area contributed by atoms with Crippen LogP contribution in [0.1, 0.15) is 46.5 Å². The fraction of sp³-hybridized carbons (Fsp3) is 0.333. The normalized spacial score (nSPS) is 17.3. The van der Waals surface area contributed by atoms with Gasteiger partial charge in [0.15, 0.2) is 5.82 Å². The van der Waals surface area contributed by atoms with Gasteiger partial charge in [-0.15, -0.1) is 11.3 Å². The summed E-state index contributed by atoms with van der Waals surface area (Å²) >= 11 is 1.73. The van der Waals surface area contributed by atoms with Crippen molar-refractivity contribution in [2.45, 2.75) is 39.7 Å². The molecule has 1 unspecified atom stereocenters. The number of hydrogen-bond donors (Lipinski definition) is 0. The lowest BCUT2D eigenvalue weighted by molar-refractivity contribution is -0.126. The van der Waals surface area contributed by atoms with Gasteiger partial charge in [-0.2, -0.15) is 0 Å². The Kier molecular flexibility index (Phi) is 4.74. The van der Waals surface area contributed by atoms with Crippen LogP contribution in [-0.2, 0) is 4.79 Å². The van der Waals surface area contributed by atoms with E-state index in [1.807, 2.05) is 42.4 Å². The Morgan fingerprint density at radius 2 is 2.19 bits per heavy atom. The largest absolute Gasteiger partial charge is 0.360 e. The quantitative estimate of drug-likeness (QED) is 0.608. The van der Waals surface area contributed by atoms with E-state index in [0.717, 1.165) is 47.9 Å². The monoisotopic (exact) mass is 381 g/mol. The average Bonchev–Trinajstić information content (AvgIpc) is 3.40. The van der Waals surface area contributed by atoms with Crippen LogP contribution in [0.2, 0.25) is 0 Å². The third kappa shape index (κ3) is 3.37. The molecule has 1 amide bonds. The maximum Gasteiger partial charge on any atom is 0.247 e.